The van der Waals surface area contributed by atoms with Crippen LogP contribution in [0.25, 0.3) is 11.1 Å². The Labute approximate surface area is 201 Å². The molecule has 6 rings (SSSR count). The van der Waals surface area contributed by atoms with E-state index in [1.54, 1.807) is 6.07 Å². The Kier molecular flexibility index (Phi) is 6.28. The van der Waals surface area contributed by atoms with Gasteiger partial charge in [-0.2, -0.15) is 0 Å². The number of alkyl carbamates (subject to hydrolysis) is 1. The van der Waals surface area contributed by atoms with Gasteiger partial charge in [-0.25, -0.2) is 9.18 Å². The molecule has 2 aromatic carbocycles. The van der Waals surface area contributed by atoms with Crippen molar-refractivity contribution in [3.63, 3.8) is 0 Å². The third-order valence-corrected chi connectivity index (χ3v) is 7.93. The molecule has 5 nitrogen and oxygen atoms in total. The third kappa shape index (κ3) is 4.52. The van der Waals surface area contributed by atoms with Gasteiger partial charge in [0.15, 0.2) is 0 Å². The first-order valence-corrected chi connectivity index (χ1v) is 12.6. The van der Waals surface area contributed by atoms with Gasteiger partial charge in [0.2, 0.25) is 0 Å². The van der Waals surface area contributed by atoms with Crippen molar-refractivity contribution < 1.29 is 18.7 Å². The zero-order valence-electron chi connectivity index (χ0n) is 20.4. The molecule has 0 unspecified atom stereocenters. The van der Waals surface area contributed by atoms with Gasteiger partial charge in [0.1, 0.15) is 17.7 Å². The lowest BCUT2D eigenvalue weighted by Crippen LogP contribution is -2.53. The Bertz CT molecular complexity index is 1060. The maximum Gasteiger partial charge on any atom is 0.407 e. The zero-order chi connectivity index (χ0) is 23.9. The highest BCUT2D eigenvalue weighted by Crippen LogP contribution is 2.45. The molecule has 1 amide bonds. The van der Waals surface area contributed by atoms with E-state index >= 15 is 4.39 Å². The Morgan fingerprint density at radius 3 is 2.71 bits per heavy atom. The summed E-state index contributed by atoms with van der Waals surface area (Å²) in [4.78, 5) is 15.3. The largest absolute Gasteiger partial charge is 0.494 e. The van der Waals surface area contributed by atoms with Crippen molar-refractivity contribution in [2.75, 3.05) is 26.2 Å². The van der Waals surface area contributed by atoms with Crippen LogP contribution in [-0.4, -0.2) is 43.3 Å². The Balaban J connectivity index is 1.38. The quantitative estimate of drug-likeness (QED) is 0.612. The highest BCUT2D eigenvalue weighted by Gasteiger charge is 2.40. The van der Waals surface area contributed by atoms with Crippen LogP contribution in [0.5, 0.6) is 5.75 Å². The van der Waals surface area contributed by atoms with Crippen LogP contribution in [0.2, 0.25) is 0 Å². The van der Waals surface area contributed by atoms with Crippen molar-refractivity contribution in [2.45, 2.75) is 58.6 Å². The van der Waals surface area contributed by atoms with Gasteiger partial charge in [-0.3, -0.25) is 4.90 Å². The standard InChI is InChI=1S/C28H35FN2O3/c1-4-33-21-7-5-6-19(14-21)22-15-20-8-11-28(2,3)26(23(20)16-24(22)29)30-27(32)34-25-17-31-12-9-18(25)10-13-31/h5-7,14-16,18,25-26H,4,8-13,17H2,1-3H3,(H,30,32)/t25-,26+/m1/s1. The van der Waals surface area contributed by atoms with Crippen LogP contribution in [0, 0.1) is 17.2 Å². The van der Waals surface area contributed by atoms with E-state index in [1.807, 2.05) is 37.3 Å². The van der Waals surface area contributed by atoms with Gasteiger partial charge in [-0.1, -0.05) is 26.0 Å². The summed E-state index contributed by atoms with van der Waals surface area (Å²) in [6.45, 7) is 9.78. The smallest absolute Gasteiger partial charge is 0.407 e. The molecule has 2 bridgehead atoms. The zero-order valence-corrected chi connectivity index (χ0v) is 20.4. The molecule has 6 heteroatoms. The molecule has 3 aliphatic heterocycles. The van der Waals surface area contributed by atoms with Gasteiger partial charge in [0, 0.05) is 12.1 Å². The third-order valence-electron chi connectivity index (χ3n) is 7.93. The minimum absolute atomic E-state index is 0.0506. The number of halogens is 1. The Morgan fingerprint density at radius 2 is 2.00 bits per heavy atom. The predicted octanol–water partition coefficient (Wildman–Crippen LogP) is 5.73. The topological polar surface area (TPSA) is 50.8 Å². The molecule has 3 saturated heterocycles. The summed E-state index contributed by atoms with van der Waals surface area (Å²) in [6.07, 6.45) is 3.48. The van der Waals surface area contributed by atoms with E-state index in [2.05, 4.69) is 24.1 Å². The van der Waals surface area contributed by atoms with Crippen molar-refractivity contribution >= 4 is 6.09 Å². The summed E-state index contributed by atoms with van der Waals surface area (Å²) in [7, 11) is 0. The summed E-state index contributed by atoms with van der Waals surface area (Å²) < 4.78 is 26.9. The van der Waals surface area contributed by atoms with Gasteiger partial charge in [-0.05, 0) is 98.0 Å². The first-order valence-electron chi connectivity index (χ1n) is 12.6. The summed E-state index contributed by atoms with van der Waals surface area (Å²) in [5.74, 6) is 0.894. The van der Waals surface area contributed by atoms with Crippen molar-refractivity contribution in [1.29, 1.82) is 0 Å². The molecule has 0 spiro atoms. The second kappa shape index (κ2) is 9.21. The van der Waals surface area contributed by atoms with Crippen LogP contribution < -0.4 is 10.1 Å². The molecule has 0 aromatic heterocycles. The fraction of sp³-hybridized carbons (Fsp3) is 0.536. The molecule has 34 heavy (non-hydrogen) atoms. The van der Waals surface area contributed by atoms with E-state index in [1.165, 1.54) is 0 Å². The van der Waals surface area contributed by atoms with Crippen LogP contribution in [0.3, 0.4) is 0 Å². The Hall–Kier alpha value is -2.60. The van der Waals surface area contributed by atoms with Gasteiger partial charge >= 0.3 is 6.09 Å². The first kappa shape index (κ1) is 23.2. The number of carbonyl (C=O) groups excluding carboxylic acids is 1. The number of carbonyl (C=O) groups is 1. The molecule has 0 radical (unpaired) electrons. The highest BCUT2D eigenvalue weighted by atomic mass is 19.1. The van der Waals surface area contributed by atoms with Crippen molar-refractivity contribution in [3.05, 3.63) is 53.3 Å². The number of hydrogen-bond acceptors (Lipinski definition) is 4. The molecule has 1 aliphatic carbocycles. The molecular weight excluding hydrogens is 431 g/mol. The lowest BCUT2D eigenvalue weighted by molar-refractivity contribution is -0.0353. The fourth-order valence-electron chi connectivity index (χ4n) is 5.89. The highest BCUT2D eigenvalue weighted by molar-refractivity contribution is 5.70. The summed E-state index contributed by atoms with van der Waals surface area (Å²) >= 11 is 0. The van der Waals surface area contributed by atoms with Crippen molar-refractivity contribution in [2.24, 2.45) is 11.3 Å². The average molecular weight is 467 g/mol. The van der Waals surface area contributed by atoms with Crippen LogP contribution in [-0.2, 0) is 11.2 Å². The molecule has 3 heterocycles. The molecule has 182 valence electrons. The van der Waals surface area contributed by atoms with E-state index in [0.717, 1.165) is 67.8 Å². The van der Waals surface area contributed by atoms with Crippen molar-refractivity contribution in [1.82, 2.24) is 10.2 Å². The number of fused-ring (bicyclic) bond motifs is 4. The van der Waals surface area contributed by atoms with E-state index in [4.69, 9.17) is 9.47 Å². The number of hydrogen-bond donors (Lipinski definition) is 1. The SMILES string of the molecule is CCOc1cccc(-c2cc3c(cc2F)[C@H](NC(=O)O[C@@H]2CN4CCC2CC4)C(C)(C)CC3)c1. The van der Waals surface area contributed by atoms with E-state index in [0.29, 0.717) is 18.1 Å². The lowest BCUT2D eigenvalue weighted by atomic mass is 9.70. The van der Waals surface area contributed by atoms with Crippen LogP contribution in [0.4, 0.5) is 9.18 Å². The second-order valence-electron chi connectivity index (χ2n) is 10.6. The molecule has 2 atom stereocenters. The predicted molar refractivity (Wildman–Crippen MR) is 130 cm³/mol. The van der Waals surface area contributed by atoms with Crippen molar-refractivity contribution in [3.8, 4) is 16.9 Å². The fourth-order valence-corrected chi connectivity index (χ4v) is 5.89. The number of aryl methyl sites for hydroxylation is 1. The van der Waals surface area contributed by atoms with Crippen LogP contribution in [0.1, 0.15) is 57.2 Å². The summed E-state index contributed by atoms with van der Waals surface area (Å²) in [5, 5.41) is 3.12. The number of piperidine rings is 3. The number of nitrogens with one attached hydrogen (secondary N) is 1. The average Bonchev–Trinajstić information content (AvgIpc) is 2.82. The van der Waals surface area contributed by atoms with Crippen LogP contribution >= 0.6 is 0 Å². The maximum absolute atomic E-state index is 15.4. The first-order chi connectivity index (χ1) is 16.3. The number of benzene rings is 2. The van der Waals surface area contributed by atoms with E-state index < -0.39 is 6.09 Å². The second-order valence-corrected chi connectivity index (χ2v) is 10.6. The molecule has 4 aliphatic rings. The molecular formula is C28H35FN2O3. The van der Waals surface area contributed by atoms with Gasteiger partial charge in [0.05, 0.1) is 12.6 Å². The van der Waals surface area contributed by atoms with Crippen LogP contribution in [0.15, 0.2) is 36.4 Å². The number of ether oxygens (including phenoxy) is 2. The monoisotopic (exact) mass is 466 g/mol. The Morgan fingerprint density at radius 1 is 1.21 bits per heavy atom. The maximum atomic E-state index is 15.4. The minimum atomic E-state index is -0.390. The number of amides is 1. The van der Waals surface area contributed by atoms with Gasteiger partial charge in [-0.15, -0.1) is 0 Å². The molecule has 2 aromatic rings. The summed E-state index contributed by atoms with van der Waals surface area (Å²) in [5.41, 5.74) is 3.08. The minimum Gasteiger partial charge on any atom is -0.494 e. The van der Waals surface area contributed by atoms with Gasteiger partial charge < -0.3 is 14.8 Å². The van der Waals surface area contributed by atoms with E-state index in [-0.39, 0.29) is 23.4 Å². The molecule has 3 fully saturated rings. The molecule has 1 N–H and O–H groups in total. The van der Waals surface area contributed by atoms with Gasteiger partial charge in [0.25, 0.3) is 0 Å². The number of rotatable bonds is 5. The normalized spacial score (nSPS) is 27.1. The lowest BCUT2D eigenvalue weighted by Gasteiger charge is -2.44. The molecule has 0 saturated carbocycles. The summed E-state index contributed by atoms with van der Waals surface area (Å²) in [6, 6.07) is 10.8. The number of nitrogens with zero attached hydrogens (tertiary/aromatic N) is 1. The van der Waals surface area contributed by atoms with E-state index in [9.17, 15) is 4.79 Å².